The maximum absolute atomic E-state index is 13.4. The third-order valence-electron chi connectivity index (χ3n) is 7.84. The lowest BCUT2D eigenvalue weighted by atomic mass is 9.83. The average molecular weight is 687 g/mol. The normalized spacial score (nSPS) is 15.5. The molecule has 2 heterocycles. The molecule has 248 valence electrons. The molecule has 0 spiro atoms. The van der Waals surface area contributed by atoms with Gasteiger partial charge in [-0.25, -0.2) is 9.59 Å². The third kappa shape index (κ3) is 8.08. The lowest BCUT2D eigenvalue weighted by molar-refractivity contribution is 0.0387. The quantitative estimate of drug-likeness (QED) is 0.164. The van der Waals surface area contributed by atoms with Gasteiger partial charge in [0.25, 0.3) is 0 Å². The number of hydrogen-bond donors (Lipinski definition) is 4. The van der Waals surface area contributed by atoms with Crippen molar-refractivity contribution in [2.24, 2.45) is 10.8 Å². The topological polar surface area (TPSA) is 151 Å². The average Bonchev–Trinajstić information content (AvgIpc) is 3.13. The smallest absolute Gasteiger partial charge is 0.411 e. The van der Waals surface area contributed by atoms with Gasteiger partial charge in [-0.3, -0.25) is 20.2 Å². The number of ether oxygens (including phenoxy) is 2. The van der Waals surface area contributed by atoms with Crippen LogP contribution in [-0.4, -0.2) is 71.9 Å². The number of hydrogen-bond acceptors (Lipinski definition) is 10. The standard InChI is InChI=1S/C25H22N2O5S.C11H12O3S/c28-22-20-13-7-8-14-21(20)33-17-25(22,15-31-23(29)26-18-9-3-1-4-10-18)16-32-24(30)27-19-11-5-2-6-12-19;12-5-11(6-13)7-15-9-4-2-1-3-8(9)10(11)14/h1-14H,15-17H2,(H,26,29)(H,27,30);1-4,12-13H,5-7H2. The third-order valence-corrected chi connectivity index (χ3v) is 10.6. The minimum absolute atomic E-state index is 0.151. The molecule has 2 aliphatic heterocycles. The van der Waals surface area contributed by atoms with E-state index in [0.717, 1.165) is 9.79 Å². The summed E-state index contributed by atoms with van der Waals surface area (Å²) in [5.74, 6) is 0.370. The molecule has 4 aromatic rings. The number of carbonyl (C=O) groups is 4. The number of aliphatic hydroxyl groups is 2. The van der Waals surface area contributed by atoms with Crippen LogP contribution >= 0.6 is 23.5 Å². The number of para-hydroxylation sites is 2. The van der Waals surface area contributed by atoms with Gasteiger partial charge in [-0.15, -0.1) is 23.5 Å². The van der Waals surface area contributed by atoms with Crippen molar-refractivity contribution in [1.82, 2.24) is 0 Å². The van der Waals surface area contributed by atoms with Gasteiger partial charge in [0.15, 0.2) is 11.6 Å². The molecule has 0 aromatic heterocycles. The first-order chi connectivity index (χ1) is 23.3. The molecule has 4 N–H and O–H groups in total. The molecule has 0 unspecified atom stereocenters. The molecule has 0 atom stereocenters. The molecule has 0 fully saturated rings. The van der Waals surface area contributed by atoms with Gasteiger partial charge < -0.3 is 19.7 Å². The predicted octanol–water partition coefficient (Wildman–Crippen LogP) is 6.40. The van der Waals surface area contributed by atoms with Crippen LogP contribution in [0.2, 0.25) is 0 Å². The molecule has 10 nitrogen and oxygen atoms in total. The van der Waals surface area contributed by atoms with E-state index in [0.29, 0.717) is 34.0 Å². The first-order valence-electron chi connectivity index (χ1n) is 15.0. The summed E-state index contributed by atoms with van der Waals surface area (Å²) in [5, 5.41) is 23.7. The fraction of sp³-hybridized carbons (Fsp3) is 0.222. The van der Waals surface area contributed by atoms with Gasteiger partial charge in [0.1, 0.15) is 18.6 Å². The highest BCUT2D eigenvalue weighted by Gasteiger charge is 2.46. The van der Waals surface area contributed by atoms with Crippen molar-refractivity contribution in [2.45, 2.75) is 9.79 Å². The van der Waals surface area contributed by atoms with E-state index >= 15 is 0 Å². The van der Waals surface area contributed by atoms with Crippen molar-refractivity contribution in [3.05, 3.63) is 120 Å². The Hall–Kier alpha value is -4.62. The Morgan fingerprint density at radius 3 is 1.40 bits per heavy atom. The number of rotatable bonds is 8. The van der Waals surface area contributed by atoms with Crippen molar-refractivity contribution in [1.29, 1.82) is 0 Å². The van der Waals surface area contributed by atoms with E-state index in [2.05, 4.69) is 10.6 Å². The van der Waals surface area contributed by atoms with Gasteiger partial charge in [-0.2, -0.15) is 0 Å². The number of nitrogens with one attached hydrogen (secondary N) is 2. The van der Waals surface area contributed by atoms with Crippen LogP contribution in [0.4, 0.5) is 21.0 Å². The molecule has 0 bridgehead atoms. The fourth-order valence-corrected chi connectivity index (χ4v) is 7.45. The molecule has 6 rings (SSSR count). The molecule has 2 amide bonds. The van der Waals surface area contributed by atoms with Crippen molar-refractivity contribution < 1.29 is 38.9 Å². The number of amides is 2. The van der Waals surface area contributed by atoms with Crippen LogP contribution in [-0.2, 0) is 9.47 Å². The molecule has 0 radical (unpaired) electrons. The summed E-state index contributed by atoms with van der Waals surface area (Å²) < 4.78 is 10.9. The second-order valence-electron chi connectivity index (χ2n) is 11.2. The molecule has 4 aromatic carbocycles. The summed E-state index contributed by atoms with van der Waals surface area (Å²) in [6.07, 6.45) is -1.38. The van der Waals surface area contributed by atoms with E-state index in [1.54, 1.807) is 72.8 Å². The van der Waals surface area contributed by atoms with Gasteiger partial charge in [-0.1, -0.05) is 72.8 Å². The minimum Gasteiger partial charge on any atom is -0.448 e. The van der Waals surface area contributed by atoms with Crippen molar-refractivity contribution >= 4 is 58.7 Å². The Morgan fingerprint density at radius 1 is 0.583 bits per heavy atom. The molecule has 0 saturated carbocycles. The number of fused-ring (bicyclic) bond motifs is 2. The number of anilines is 2. The lowest BCUT2D eigenvalue weighted by Crippen LogP contribution is -2.46. The van der Waals surface area contributed by atoms with Gasteiger partial charge in [0.05, 0.1) is 18.6 Å². The molecule has 0 saturated heterocycles. The second-order valence-corrected chi connectivity index (χ2v) is 13.3. The molecule has 2 aliphatic rings. The number of Topliss-reactive ketones (excluding diaryl/α,β-unsaturated/α-hetero) is 2. The molecular formula is C36H34N2O8S2. The second kappa shape index (κ2) is 16.0. The maximum Gasteiger partial charge on any atom is 0.411 e. The first-order valence-corrected chi connectivity index (χ1v) is 17.0. The Balaban J connectivity index is 0.000000250. The van der Waals surface area contributed by atoms with E-state index in [4.69, 9.17) is 9.47 Å². The maximum atomic E-state index is 13.4. The summed E-state index contributed by atoms with van der Waals surface area (Å²) in [4.78, 5) is 52.0. The van der Waals surface area contributed by atoms with Crippen LogP contribution in [0.3, 0.4) is 0 Å². The van der Waals surface area contributed by atoms with Crippen molar-refractivity contribution in [3.8, 4) is 0 Å². The molecule has 0 aliphatic carbocycles. The fourth-order valence-electron chi connectivity index (χ4n) is 4.99. The van der Waals surface area contributed by atoms with Gasteiger partial charge in [0, 0.05) is 43.8 Å². The zero-order valence-corrected chi connectivity index (χ0v) is 27.4. The summed E-state index contributed by atoms with van der Waals surface area (Å²) in [6, 6.07) is 32.3. The van der Waals surface area contributed by atoms with Crippen molar-refractivity contribution in [2.75, 3.05) is 48.6 Å². The van der Waals surface area contributed by atoms with E-state index in [9.17, 15) is 29.4 Å². The number of benzene rings is 4. The molecule has 48 heavy (non-hydrogen) atoms. The number of aliphatic hydroxyl groups excluding tert-OH is 2. The highest BCUT2D eigenvalue weighted by atomic mass is 32.2. The van der Waals surface area contributed by atoms with Crippen LogP contribution in [0.5, 0.6) is 0 Å². The van der Waals surface area contributed by atoms with Crippen LogP contribution < -0.4 is 10.6 Å². The van der Waals surface area contributed by atoms with E-state index in [1.165, 1.54) is 23.5 Å². The number of carbonyl (C=O) groups excluding carboxylic acids is 4. The lowest BCUT2D eigenvalue weighted by Gasteiger charge is -2.34. The predicted molar refractivity (Wildman–Crippen MR) is 185 cm³/mol. The highest BCUT2D eigenvalue weighted by molar-refractivity contribution is 7.99. The summed E-state index contributed by atoms with van der Waals surface area (Å²) in [5.41, 5.74) is 0.0688. The first kappa shape index (κ1) is 34.7. The Bertz CT molecular complexity index is 1690. The summed E-state index contributed by atoms with van der Waals surface area (Å²) in [6.45, 7) is -1.07. The Labute approximate surface area is 286 Å². The van der Waals surface area contributed by atoms with E-state index in [-0.39, 0.29) is 38.0 Å². The Morgan fingerprint density at radius 2 is 0.958 bits per heavy atom. The number of thioether (sulfide) groups is 2. The van der Waals surface area contributed by atoms with E-state index < -0.39 is 23.0 Å². The van der Waals surface area contributed by atoms with Crippen LogP contribution in [0.1, 0.15) is 20.7 Å². The Kier molecular flexibility index (Phi) is 11.6. The monoisotopic (exact) mass is 686 g/mol. The minimum atomic E-state index is -1.21. The van der Waals surface area contributed by atoms with Gasteiger partial charge in [0.2, 0.25) is 0 Å². The summed E-state index contributed by atoms with van der Waals surface area (Å²) in [7, 11) is 0. The van der Waals surface area contributed by atoms with Crippen LogP contribution in [0.15, 0.2) is 119 Å². The van der Waals surface area contributed by atoms with Crippen LogP contribution in [0.25, 0.3) is 0 Å². The zero-order chi connectivity index (χ0) is 34.0. The molecule has 12 heteroatoms. The SMILES string of the molecule is O=C(Nc1ccccc1)OCC1(COC(=O)Nc2ccccc2)CSc2ccccc2C1=O.O=C1c2ccccc2SCC1(CO)CO. The van der Waals surface area contributed by atoms with Crippen molar-refractivity contribution in [3.63, 3.8) is 0 Å². The molecular weight excluding hydrogens is 653 g/mol. The van der Waals surface area contributed by atoms with Crippen LogP contribution in [0, 0.1) is 10.8 Å². The van der Waals surface area contributed by atoms with E-state index in [1.807, 2.05) is 36.4 Å². The largest absolute Gasteiger partial charge is 0.448 e. The van der Waals surface area contributed by atoms with Gasteiger partial charge in [-0.05, 0) is 36.4 Å². The number of ketones is 2. The highest BCUT2D eigenvalue weighted by Crippen LogP contribution is 2.41. The van der Waals surface area contributed by atoms with Gasteiger partial charge >= 0.3 is 12.2 Å². The zero-order valence-electron chi connectivity index (χ0n) is 25.8. The summed E-state index contributed by atoms with van der Waals surface area (Å²) >= 11 is 2.97.